The molecule has 7 N–H and O–H groups in total. The predicted octanol–water partition coefficient (Wildman–Crippen LogP) is -0.208. The number of hydrazone groups is 1. The highest BCUT2D eigenvalue weighted by Gasteiger charge is 2.28. The maximum absolute atomic E-state index is 12.7. The molecule has 2 atom stereocenters. The minimum absolute atomic E-state index is 0.0452. The number of guanidine groups is 1. The van der Waals surface area contributed by atoms with Crippen molar-refractivity contribution in [2.24, 2.45) is 16.8 Å². The predicted molar refractivity (Wildman–Crippen MR) is 110 cm³/mol. The van der Waals surface area contributed by atoms with Crippen molar-refractivity contribution in [2.45, 2.75) is 71.6 Å². The third kappa shape index (κ3) is 13.6. The summed E-state index contributed by atoms with van der Waals surface area (Å²) in [7, 11) is 0. The molecule has 0 spiro atoms. The average Bonchev–Trinajstić information content (AvgIpc) is 2.60. The standard InChI is InChI=1S/C17H33N7O7/c1-10(2)9-12(21-16(27)31-17(3,4)5)13(25)20-11(14(26)23-28)7-6-8-19-15(18)22-24(29)30/h10-12,28H,6-9H2,1-5H3,(H,20,25)(H,21,27)(H,23,26)(H3,18,19,22)/t11-,12-/m0/s1. The Hall–Kier alpha value is -3.16. The molecule has 14 nitrogen and oxygen atoms in total. The van der Waals surface area contributed by atoms with Crippen LogP contribution in [0.2, 0.25) is 0 Å². The third-order valence-corrected chi connectivity index (χ3v) is 3.62. The first-order chi connectivity index (χ1) is 14.2. The van der Waals surface area contributed by atoms with Crippen LogP contribution in [-0.4, -0.2) is 58.3 Å². The molecule has 0 rings (SSSR count). The van der Waals surface area contributed by atoms with Gasteiger partial charge in [0.05, 0.1) is 0 Å². The number of carbonyl (C=O) groups is 3. The summed E-state index contributed by atoms with van der Waals surface area (Å²) in [5.41, 5.74) is 6.01. The second kappa shape index (κ2) is 13.2. The molecule has 0 radical (unpaired) electrons. The number of ether oxygens (including phenoxy) is 1. The van der Waals surface area contributed by atoms with E-state index in [4.69, 9.17) is 15.7 Å². The Labute approximate surface area is 180 Å². The molecule has 3 amide bonds. The van der Waals surface area contributed by atoms with E-state index in [1.54, 1.807) is 20.8 Å². The number of carbonyl (C=O) groups excluding carboxylic acids is 3. The number of amides is 3. The molecule has 0 aliphatic heterocycles. The van der Waals surface area contributed by atoms with Gasteiger partial charge < -0.3 is 26.4 Å². The van der Waals surface area contributed by atoms with Crippen LogP contribution in [0.4, 0.5) is 4.79 Å². The zero-order chi connectivity index (χ0) is 24.2. The lowest BCUT2D eigenvalue weighted by molar-refractivity contribution is -0.485. The van der Waals surface area contributed by atoms with E-state index in [1.165, 1.54) is 5.48 Å². The number of nitrogens with zero attached hydrogens (tertiary/aromatic N) is 2. The summed E-state index contributed by atoms with van der Waals surface area (Å²) in [6, 6.07) is -2.09. The van der Waals surface area contributed by atoms with Gasteiger partial charge in [0.15, 0.2) is 5.03 Å². The first-order valence-corrected chi connectivity index (χ1v) is 9.71. The first-order valence-electron chi connectivity index (χ1n) is 9.71. The number of nitrogens with two attached hydrogens (primary N) is 1. The van der Waals surface area contributed by atoms with E-state index >= 15 is 0 Å². The number of rotatable bonds is 11. The molecule has 0 fully saturated rings. The molecule has 0 saturated heterocycles. The molecule has 0 aromatic rings. The van der Waals surface area contributed by atoms with Gasteiger partial charge in [0.25, 0.3) is 11.9 Å². The molecular weight excluding hydrogens is 414 g/mol. The maximum Gasteiger partial charge on any atom is 0.408 e. The quantitative estimate of drug-likeness (QED) is 0.0617. The van der Waals surface area contributed by atoms with Crippen molar-refractivity contribution in [1.82, 2.24) is 21.4 Å². The number of alkyl carbamates (subject to hydrolysis) is 1. The lowest BCUT2D eigenvalue weighted by Gasteiger charge is -2.25. The maximum atomic E-state index is 12.7. The van der Waals surface area contributed by atoms with Gasteiger partial charge in [-0.3, -0.25) is 14.8 Å². The smallest absolute Gasteiger partial charge is 0.408 e. The summed E-state index contributed by atoms with van der Waals surface area (Å²) in [6.07, 6.45) is -0.173. The van der Waals surface area contributed by atoms with Gasteiger partial charge in [0, 0.05) is 6.54 Å². The number of hydrogen-bond acceptors (Lipinski definition) is 7. The van der Waals surface area contributed by atoms with E-state index in [0.717, 1.165) is 0 Å². The summed E-state index contributed by atoms with van der Waals surface area (Å²) in [4.78, 5) is 46.9. The lowest BCUT2D eigenvalue weighted by Crippen LogP contribution is -2.54. The number of nitrogens with one attached hydrogen (secondary N) is 4. The van der Waals surface area contributed by atoms with Crippen molar-refractivity contribution in [2.75, 3.05) is 6.54 Å². The fourth-order valence-corrected chi connectivity index (χ4v) is 2.42. The molecule has 31 heavy (non-hydrogen) atoms. The van der Waals surface area contributed by atoms with Gasteiger partial charge in [-0.05, 0) is 46.0 Å². The molecule has 14 heteroatoms. The summed E-state index contributed by atoms with van der Waals surface area (Å²) >= 11 is 0. The van der Waals surface area contributed by atoms with Crippen LogP contribution in [0.1, 0.15) is 53.9 Å². The van der Waals surface area contributed by atoms with Gasteiger partial charge in [-0.1, -0.05) is 13.8 Å². The highest BCUT2D eigenvalue weighted by Crippen LogP contribution is 2.10. The molecule has 178 valence electrons. The third-order valence-electron chi connectivity index (χ3n) is 3.62. The van der Waals surface area contributed by atoms with Crippen LogP contribution in [0.15, 0.2) is 5.10 Å². The second-order valence-corrected chi connectivity index (χ2v) is 8.16. The normalized spacial score (nSPS) is 13.7. The molecule has 0 aromatic heterocycles. The number of hydrogen-bond donors (Lipinski definition) is 6. The first kappa shape index (κ1) is 27.8. The van der Waals surface area contributed by atoms with E-state index in [-0.39, 0.29) is 31.7 Å². The zero-order valence-corrected chi connectivity index (χ0v) is 18.4. The largest absolute Gasteiger partial charge is 0.444 e. The van der Waals surface area contributed by atoms with Crippen molar-refractivity contribution < 1.29 is 29.4 Å². The Bertz CT molecular complexity index is 662. The molecule has 0 aromatic carbocycles. The topological polar surface area (TPSA) is 210 Å². The fourth-order valence-electron chi connectivity index (χ4n) is 2.42. The van der Waals surface area contributed by atoms with Gasteiger partial charge in [-0.25, -0.2) is 20.4 Å². The summed E-state index contributed by atoms with van der Waals surface area (Å²) in [5, 5.41) is 28.5. The van der Waals surface area contributed by atoms with E-state index in [0.29, 0.717) is 0 Å². The average molecular weight is 447 g/mol. The zero-order valence-electron chi connectivity index (χ0n) is 18.4. The highest BCUT2D eigenvalue weighted by atomic mass is 16.7. The summed E-state index contributed by atoms with van der Waals surface area (Å²) in [6.45, 7) is 8.89. The lowest BCUT2D eigenvalue weighted by atomic mass is 10.0. The summed E-state index contributed by atoms with van der Waals surface area (Å²) in [5.74, 6) is -1.85. The van der Waals surface area contributed by atoms with Crippen molar-refractivity contribution in [1.29, 1.82) is 0 Å². The Balaban J connectivity index is 5.02. The minimum Gasteiger partial charge on any atom is -0.444 e. The van der Waals surface area contributed by atoms with Gasteiger partial charge in [-0.15, -0.1) is 0 Å². The van der Waals surface area contributed by atoms with Crippen molar-refractivity contribution in [3.05, 3.63) is 10.1 Å². The molecular formula is C17H33N7O7. The fraction of sp³-hybridized carbons (Fsp3) is 0.765. The van der Waals surface area contributed by atoms with Gasteiger partial charge in [0.1, 0.15) is 22.8 Å². The highest BCUT2D eigenvalue weighted by molar-refractivity contribution is 5.91. The van der Waals surface area contributed by atoms with Gasteiger partial charge in [-0.2, -0.15) is 0 Å². The molecule has 0 heterocycles. The molecule has 0 bridgehead atoms. The summed E-state index contributed by atoms with van der Waals surface area (Å²) < 4.78 is 5.17. The van der Waals surface area contributed by atoms with Crippen LogP contribution in [0.3, 0.4) is 0 Å². The van der Waals surface area contributed by atoms with Crippen LogP contribution in [0.25, 0.3) is 0 Å². The molecule has 0 aliphatic carbocycles. The monoisotopic (exact) mass is 447 g/mol. The van der Waals surface area contributed by atoms with Crippen LogP contribution < -0.4 is 27.2 Å². The van der Waals surface area contributed by atoms with E-state index in [9.17, 15) is 24.5 Å². The van der Waals surface area contributed by atoms with Gasteiger partial charge in [0.2, 0.25) is 5.91 Å². The van der Waals surface area contributed by atoms with Crippen molar-refractivity contribution in [3.8, 4) is 0 Å². The molecule has 0 unspecified atom stereocenters. The van der Waals surface area contributed by atoms with Crippen LogP contribution in [0.5, 0.6) is 0 Å². The van der Waals surface area contributed by atoms with Crippen LogP contribution >= 0.6 is 0 Å². The van der Waals surface area contributed by atoms with Crippen molar-refractivity contribution in [3.63, 3.8) is 0 Å². The Morgan fingerprint density at radius 2 is 1.77 bits per heavy atom. The van der Waals surface area contributed by atoms with E-state index in [1.807, 2.05) is 13.8 Å². The SMILES string of the molecule is CC(C)C[C@H](NC(=O)OC(C)(C)C)C(=O)N[C@@H](CCCN/C(N)=N/[N+](=O)[O-])C(=O)NO. The van der Waals surface area contributed by atoms with Crippen LogP contribution in [0, 0.1) is 16.0 Å². The van der Waals surface area contributed by atoms with E-state index < -0.39 is 46.6 Å². The second-order valence-electron chi connectivity index (χ2n) is 8.16. The number of nitro groups is 1. The van der Waals surface area contributed by atoms with Crippen molar-refractivity contribution >= 4 is 23.9 Å². The van der Waals surface area contributed by atoms with Gasteiger partial charge >= 0.3 is 6.09 Å². The Kier molecular flexibility index (Phi) is 11.9. The van der Waals surface area contributed by atoms with Crippen LogP contribution in [-0.2, 0) is 14.3 Å². The molecule has 0 aliphatic rings. The Morgan fingerprint density at radius 3 is 2.26 bits per heavy atom. The number of hydroxylamine groups is 1. The molecule has 0 saturated carbocycles. The Morgan fingerprint density at radius 1 is 1.16 bits per heavy atom. The van der Waals surface area contributed by atoms with E-state index in [2.05, 4.69) is 21.1 Å². The minimum atomic E-state index is -1.12.